The van der Waals surface area contributed by atoms with Crippen molar-refractivity contribution in [1.29, 1.82) is 0 Å². The molecule has 0 bridgehead atoms. The summed E-state index contributed by atoms with van der Waals surface area (Å²) in [5.74, 6) is 5.89. The molecule has 1 aliphatic heterocycles. The van der Waals surface area contributed by atoms with Gasteiger partial charge >= 0.3 is 0 Å². The number of ketones is 1. The monoisotopic (exact) mass is 179 g/mol. The third-order valence-electron chi connectivity index (χ3n) is 2.70. The second kappa shape index (κ2) is 4.43. The van der Waals surface area contributed by atoms with Crippen LogP contribution < -0.4 is 5.32 Å². The number of hydrogen-bond acceptors (Lipinski definition) is 2. The van der Waals surface area contributed by atoms with Crippen molar-refractivity contribution < 1.29 is 4.79 Å². The topological polar surface area (TPSA) is 29.1 Å². The molecule has 0 spiro atoms. The van der Waals surface area contributed by atoms with Crippen molar-refractivity contribution in [2.75, 3.05) is 13.1 Å². The minimum absolute atomic E-state index is 0.165. The Kier molecular flexibility index (Phi) is 3.50. The van der Waals surface area contributed by atoms with E-state index in [1.807, 2.05) is 6.92 Å². The lowest BCUT2D eigenvalue weighted by Crippen LogP contribution is -2.43. The third-order valence-corrected chi connectivity index (χ3v) is 2.70. The molecule has 1 atom stereocenters. The molecule has 13 heavy (non-hydrogen) atoms. The van der Waals surface area contributed by atoms with Gasteiger partial charge in [0.05, 0.1) is 6.42 Å². The lowest BCUT2D eigenvalue weighted by molar-refractivity contribution is -0.127. The van der Waals surface area contributed by atoms with E-state index < -0.39 is 0 Å². The fourth-order valence-electron chi connectivity index (χ4n) is 1.68. The van der Waals surface area contributed by atoms with Gasteiger partial charge in [0.15, 0.2) is 5.78 Å². The summed E-state index contributed by atoms with van der Waals surface area (Å²) < 4.78 is 0. The van der Waals surface area contributed by atoms with Crippen LogP contribution in [0.15, 0.2) is 0 Å². The first kappa shape index (κ1) is 10.3. The van der Waals surface area contributed by atoms with Gasteiger partial charge in [0, 0.05) is 12.0 Å². The van der Waals surface area contributed by atoms with Crippen molar-refractivity contribution in [1.82, 2.24) is 5.32 Å². The second-order valence-corrected chi connectivity index (χ2v) is 3.87. The SMILES string of the molecule is CC#CCC(=O)C1(C)CCCNC1. The highest BCUT2D eigenvalue weighted by Gasteiger charge is 2.33. The van der Waals surface area contributed by atoms with Crippen LogP contribution in [-0.2, 0) is 4.79 Å². The van der Waals surface area contributed by atoms with Gasteiger partial charge in [0.2, 0.25) is 0 Å². The van der Waals surface area contributed by atoms with Crippen LogP contribution in [0.25, 0.3) is 0 Å². The minimum atomic E-state index is -0.165. The molecule has 1 rings (SSSR count). The number of piperidine rings is 1. The first-order valence-corrected chi connectivity index (χ1v) is 4.83. The average Bonchev–Trinajstić information content (AvgIpc) is 2.15. The van der Waals surface area contributed by atoms with E-state index >= 15 is 0 Å². The van der Waals surface area contributed by atoms with Crippen LogP contribution in [0, 0.1) is 17.3 Å². The number of carbonyl (C=O) groups is 1. The van der Waals surface area contributed by atoms with E-state index in [1.165, 1.54) is 0 Å². The molecule has 0 aromatic rings. The van der Waals surface area contributed by atoms with Gasteiger partial charge in [-0.2, -0.15) is 0 Å². The molecular weight excluding hydrogens is 162 g/mol. The molecule has 2 heteroatoms. The minimum Gasteiger partial charge on any atom is -0.316 e. The van der Waals surface area contributed by atoms with Crippen LogP contribution in [0.2, 0.25) is 0 Å². The van der Waals surface area contributed by atoms with Crippen LogP contribution in [0.4, 0.5) is 0 Å². The molecule has 1 saturated heterocycles. The van der Waals surface area contributed by atoms with Gasteiger partial charge in [-0.05, 0) is 26.3 Å². The Labute approximate surface area is 80.1 Å². The van der Waals surface area contributed by atoms with Gasteiger partial charge in [0.25, 0.3) is 0 Å². The molecule has 0 radical (unpaired) electrons. The number of carbonyl (C=O) groups excluding carboxylic acids is 1. The van der Waals surface area contributed by atoms with Crippen molar-refractivity contribution in [3.63, 3.8) is 0 Å². The predicted molar refractivity (Wildman–Crippen MR) is 53.3 cm³/mol. The van der Waals surface area contributed by atoms with Gasteiger partial charge < -0.3 is 5.32 Å². The van der Waals surface area contributed by atoms with Crippen molar-refractivity contribution in [2.45, 2.75) is 33.1 Å². The Morgan fingerprint density at radius 2 is 2.38 bits per heavy atom. The Bertz CT molecular complexity index is 241. The molecule has 0 amide bonds. The van der Waals surface area contributed by atoms with Gasteiger partial charge in [-0.15, -0.1) is 5.92 Å². The van der Waals surface area contributed by atoms with E-state index in [0.29, 0.717) is 6.42 Å². The summed E-state index contributed by atoms with van der Waals surface area (Å²) in [5, 5.41) is 3.26. The summed E-state index contributed by atoms with van der Waals surface area (Å²) in [6, 6.07) is 0. The number of nitrogens with one attached hydrogen (secondary N) is 1. The molecule has 1 N–H and O–H groups in total. The normalized spacial score (nSPS) is 27.5. The van der Waals surface area contributed by atoms with Crippen molar-refractivity contribution in [3.05, 3.63) is 0 Å². The third kappa shape index (κ3) is 2.57. The van der Waals surface area contributed by atoms with E-state index in [4.69, 9.17) is 0 Å². The largest absolute Gasteiger partial charge is 0.316 e. The standard InChI is InChI=1S/C11H17NO/c1-3-4-6-10(13)11(2)7-5-8-12-9-11/h12H,5-9H2,1-2H3. The van der Waals surface area contributed by atoms with Crippen molar-refractivity contribution in [2.24, 2.45) is 5.41 Å². The maximum Gasteiger partial charge on any atom is 0.151 e. The molecule has 0 aliphatic carbocycles. The molecular formula is C11H17NO. The zero-order valence-electron chi connectivity index (χ0n) is 8.44. The van der Waals surface area contributed by atoms with E-state index in [0.717, 1.165) is 25.9 Å². The summed E-state index contributed by atoms with van der Waals surface area (Å²) in [6.45, 7) is 5.67. The zero-order valence-corrected chi connectivity index (χ0v) is 8.44. The zero-order chi connectivity index (χ0) is 9.73. The maximum absolute atomic E-state index is 11.7. The summed E-state index contributed by atoms with van der Waals surface area (Å²) in [7, 11) is 0. The number of hydrogen-bond donors (Lipinski definition) is 1. The van der Waals surface area contributed by atoms with Crippen LogP contribution in [0.5, 0.6) is 0 Å². The Hall–Kier alpha value is -0.810. The summed E-state index contributed by atoms with van der Waals surface area (Å²) >= 11 is 0. The molecule has 1 aliphatic rings. The maximum atomic E-state index is 11.7. The van der Waals surface area contributed by atoms with Crippen LogP contribution in [0.3, 0.4) is 0 Å². The fraction of sp³-hybridized carbons (Fsp3) is 0.727. The van der Waals surface area contributed by atoms with Crippen LogP contribution in [-0.4, -0.2) is 18.9 Å². The molecule has 1 heterocycles. The van der Waals surface area contributed by atoms with Crippen LogP contribution >= 0.6 is 0 Å². The Morgan fingerprint density at radius 3 is 2.92 bits per heavy atom. The van der Waals surface area contributed by atoms with E-state index in [-0.39, 0.29) is 11.2 Å². The first-order chi connectivity index (χ1) is 6.19. The van der Waals surface area contributed by atoms with E-state index in [9.17, 15) is 4.79 Å². The average molecular weight is 179 g/mol. The van der Waals surface area contributed by atoms with Gasteiger partial charge in [-0.1, -0.05) is 12.8 Å². The lowest BCUT2D eigenvalue weighted by Gasteiger charge is -2.32. The van der Waals surface area contributed by atoms with Crippen molar-refractivity contribution >= 4 is 5.78 Å². The number of rotatable bonds is 2. The first-order valence-electron chi connectivity index (χ1n) is 4.83. The number of Topliss-reactive ketones (excluding diaryl/α,β-unsaturated/α-hetero) is 1. The molecule has 0 aromatic heterocycles. The highest BCUT2D eigenvalue weighted by molar-refractivity contribution is 5.86. The van der Waals surface area contributed by atoms with Crippen molar-refractivity contribution in [3.8, 4) is 11.8 Å². The van der Waals surface area contributed by atoms with Gasteiger partial charge in [0.1, 0.15) is 0 Å². The quantitative estimate of drug-likeness (QED) is 0.648. The summed E-state index contributed by atoms with van der Waals surface area (Å²) in [4.78, 5) is 11.7. The Morgan fingerprint density at radius 1 is 1.62 bits per heavy atom. The second-order valence-electron chi connectivity index (χ2n) is 3.87. The summed E-state index contributed by atoms with van der Waals surface area (Å²) in [5.41, 5.74) is -0.165. The molecule has 2 nitrogen and oxygen atoms in total. The molecule has 1 unspecified atom stereocenters. The van der Waals surface area contributed by atoms with Gasteiger partial charge in [-0.25, -0.2) is 0 Å². The van der Waals surface area contributed by atoms with E-state index in [2.05, 4.69) is 17.2 Å². The summed E-state index contributed by atoms with van der Waals surface area (Å²) in [6.07, 6.45) is 2.51. The smallest absolute Gasteiger partial charge is 0.151 e. The molecule has 0 aromatic carbocycles. The van der Waals surface area contributed by atoms with Crippen LogP contribution in [0.1, 0.15) is 33.1 Å². The molecule has 1 fully saturated rings. The van der Waals surface area contributed by atoms with E-state index in [1.54, 1.807) is 6.92 Å². The fourth-order valence-corrected chi connectivity index (χ4v) is 1.68. The Balaban J connectivity index is 2.54. The predicted octanol–water partition coefficient (Wildman–Crippen LogP) is 1.36. The highest BCUT2D eigenvalue weighted by Crippen LogP contribution is 2.27. The van der Waals surface area contributed by atoms with Gasteiger partial charge in [-0.3, -0.25) is 4.79 Å². The molecule has 0 saturated carbocycles. The molecule has 72 valence electrons. The lowest BCUT2D eigenvalue weighted by atomic mass is 9.78. The highest BCUT2D eigenvalue weighted by atomic mass is 16.1.